The highest BCUT2D eigenvalue weighted by Gasteiger charge is 2.12. The molecule has 2 aromatic heterocycles. The number of halogens is 1. The molecule has 0 bridgehead atoms. The molecular formula is C18H18BrN3O3. The molecule has 3 rings (SSSR count). The first-order chi connectivity index (χ1) is 12.2. The van der Waals surface area contributed by atoms with E-state index < -0.39 is 0 Å². The van der Waals surface area contributed by atoms with E-state index in [2.05, 4.69) is 26.3 Å². The van der Waals surface area contributed by atoms with E-state index in [1.165, 1.54) is 0 Å². The van der Waals surface area contributed by atoms with Gasteiger partial charge in [0.25, 0.3) is 5.91 Å². The van der Waals surface area contributed by atoms with Gasteiger partial charge in [-0.2, -0.15) is 5.10 Å². The van der Waals surface area contributed by atoms with Gasteiger partial charge in [0.05, 0.1) is 16.7 Å². The highest BCUT2D eigenvalue weighted by molar-refractivity contribution is 9.10. The summed E-state index contributed by atoms with van der Waals surface area (Å²) in [4.78, 5) is 12.1. The van der Waals surface area contributed by atoms with Crippen LogP contribution in [0.25, 0.3) is 0 Å². The normalized spacial score (nSPS) is 10.6. The molecule has 0 unspecified atom stereocenters. The molecule has 0 aliphatic carbocycles. The lowest BCUT2D eigenvalue weighted by Crippen LogP contribution is -2.22. The van der Waals surface area contributed by atoms with E-state index in [1.54, 1.807) is 12.1 Å². The Balaban J connectivity index is 1.53. The van der Waals surface area contributed by atoms with Gasteiger partial charge in [0.1, 0.15) is 18.1 Å². The van der Waals surface area contributed by atoms with Gasteiger partial charge in [-0.3, -0.25) is 9.48 Å². The van der Waals surface area contributed by atoms with Gasteiger partial charge >= 0.3 is 0 Å². The summed E-state index contributed by atoms with van der Waals surface area (Å²) in [6.07, 6.45) is 1.88. The molecule has 0 aliphatic heterocycles. The van der Waals surface area contributed by atoms with Crippen LogP contribution in [0.2, 0.25) is 0 Å². The molecule has 1 amide bonds. The SMILES string of the molecule is CCn1ccc(CNC(=O)c2ccc(COc3ccccc3Br)o2)n1. The van der Waals surface area contributed by atoms with Crippen molar-refractivity contribution in [1.29, 1.82) is 0 Å². The molecule has 0 saturated heterocycles. The van der Waals surface area contributed by atoms with Crippen molar-refractivity contribution in [2.45, 2.75) is 26.6 Å². The lowest BCUT2D eigenvalue weighted by molar-refractivity contribution is 0.0918. The minimum absolute atomic E-state index is 0.247. The van der Waals surface area contributed by atoms with E-state index in [0.717, 1.165) is 22.5 Å². The number of carbonyl (C=O) groups excluding carboxylic acids is 1. The van der Waals surface area contributed by atoms with Gasteiger partial charge in [-0.15, -0.1) is 0 Å². The second-order valence-corrected chi connectivity index (χ2v) is 6.18. The minimum atomic E-state index is -0.279. The first-order valence-corrected chi connectivity index (χ1v) is 8.71. The van der Waals surface area contributed by atoms with E-state index in [-0.39, 0.29) is 18.3 Å². The maximum absolute atomic E-state index is 12.1. The summed E-state index contributed by atoms with van der Waals surface area (Å²) in [5, 5.41) is 7.11. The Hall–Kier alpha value is -2.54. The second kappa shape index (κ2) is 8.02. The Morgan fingerprint density at radius 1 is 1.28 bits per heavy atom. The van der Waals surface area contributed by atoms with Crippen LogP contribution >= 0.6 is 15.9 Å². The van der Waals surface area contributed by atoms with E-state index >= 15 is 0 Å². The number of carbonyl (C=O) groups is 1. The summed E-state index contributed by atoms with van der Waals surface area (Å²) < 4.78 is 13.9. The number of benzene rings is 1. The number of rotatable bonds is 7. The molecule has 0 fully saturated rings. The summed E-state index contributed by atoms with van der Waals surface area (Å²) in [6, 6.07) is 12.8. The van der Waals surface area contributed by atoms with E-state index in [1.807, 2.05) is 48.1 Å². The van der Waals surface area contributed by atoms with Gasteiger partial charge in [0.2, 0.25) is 0 Å². The third kappa shape index (κ3) is 4.51. The van der Waals surface area contributed by atoms with E-state index in [9.17, 15) is 4.79 Å². The number of hydrogen-bond donors (Lipinski definition) is 1. The molecule has 7 heteroatoms. The quantitative estimate of drug-likeness (QED) is 0.651. The molecule has 130 valence electrons. The predicted octanol–water partition coefficient (Wildman–Crippen LogP) is 3.77. The number of furan rings is 1. The Bertz CT molecular complexity index is 857. The van der Waals surface area contributed by atoms with Gasteiger partial charge in [0, 0.05) is 12.7 Å². The molecule has 0 spiro atoms. The molecule has 0 radical (unpaired) electrons. The second-order valence-electron chi connectivity index (χ2n) is 5.33. The fourth-order valence-electron chi connectivity index (χ4n) is 2.22. The van der Waals surface area contributed by atoms with Gasteiger partial charge in [-0.05, 0) is 53.2 Å². The van der Waals surface area contributed by atoms with Crippen LogP contribution in [-0.4, -0.2) is 15.7 Å². The lowest BCUT2D eigenvalue weighted by atomic mass is 10.3. The van der Waals surface area contributed by atoms with Crippen LogP contribution in [0.15, 0.2) is 57.6 Å². The topological polar surface area (TPSA) is 69.3 Å². The first-order valence-electron chi connectivity index (χ1n) is 7.92. The van der Waals surface area contributed by atoms with Crippen molar-refractivity contribution >= 4 is 21.8 Å². The molecule has 0 atom stereocenters. The number of aromatic nitrogens is 2. The fraction of sp³-hybridized carbons (Fsp3) is 0.222. The van der Waals surface area contributed by atoms with Crippen LogP contribution in [0.3, 0.4) is 0 Å². The lowest BCUT2D eigenvalue weighted by Gasteiger charge is -2.06. The average molecular weight is 404 g/mol. The number of ether oxygens (including phenoxy) is 1. The molecule has 25 heavy (non-hydrogen) atoms. The van der Waals surface area contributed by atoms with E-state index in [4.69, 9.17) is 9.15 Å². The fourth-order valence-corrected chi connectivity index (χ4v) is 2.62. The van der Waals surface area contributed by atoms with Crippen molar-refractivity contribution in [1.82, 2.24) is 15.1 Å². The number of nitrogens with one attached hydrogen (secondary N) is 1. The molecule has 0 saturated carbocycles. The molecule has 1 aromatic carbocycles. The number of aryl methyl sites for hydroxylation is 1. The van der Waals surface area contributed by atoms with Gasteiger partial charge in [-0.25, -0.2) is 0 Å². The number of hydrogen-bond acceptors (Lipinski definition) is 4. The average Bonchev–Trinajstić information content (AvgIpc) is 3.28. The van der Waals surface area contributed by atoms with Crippen molar-refractivity contribution in [2.75, 3.05) is 0 Å². The third-order valence-corrected chi connectivity index (χ3v) is 4.20. The Morgan fingerprint density at radius 3 is 2.88 bits per heavy atom. The standard InChI is InChI=1S/C18H18BrN3O3/c1-2-22-10-9-13(21-22)11-20-18(23)17-8-7-14(25-17)12-24-16-6-4-3-5-15(16)19/h3-10H,2,11-12H2,1H3,(H,20,23). The molecule has 3 aromatic rings. The summed E-state index contributed by atoms with van der Waals surface area (Å²) in [5.41, 5.74) is 0.805. The van der Waals surface area contributed by atoms with E-state index in [0.29, 0.717) is 12.3 Å². The van der Waals surface area contributed by atoms with Crippen LogP contribution in [0.4, 0.5) is 0 Å². The molecule has 0 aliphatic rings. The van der Waals surface area contributed by atoms with Crippen LogP contribution in [0, 0.1) is 0 Å². The highest BCUT2D eigenvalue weighted by atomic mass is 79.9. The number of nitrogens with zero attached hydrogens (tertiary/aromatic N) is 2. The third-order valence-electron chi connectivity index (χ3n) is 3.54. The molecular weight excluding hydrogens is 386 g/mol. The van der Waals surface area contributed by atoms with Crippen LogP contribution < -0.4 is 10.1 Å². The van der Waals surface area contributed by atoms with Gasteiger partial charge in [0.15, 0.2) is 5.76 Å². The van der Waals surface area contributed by atoms with Crippen LogP contribution in [0.1, 0.15) is 28.9 Å². The largest absolute Gasteiger partial charge is 0.484 e. The van der Waals surface area contributed by atoms with Crippen LogP contribution in [0.5, 0.6) is 5.75 Å². The van der Waals surface area contributed by atoms with Crippen LogP contribution in [-0.2, 0) is 19.7 Å². The maximum Gasteiger partial charge on any atom is 0.287 e. The minimum Gasteiger partial charge on any atom is -0.484 e. The van der Waals surface area contributed by atoms with Gasteiger partial charge in [-0.1, -0.05) is 12.1 Å². The number of para-hydroxylation sites is 1. The monoisotopic (exact) mass is 403 g/mol. The molecule has 6 nitrogen and oxygen atoms in total. The van der Waals surface area contributed by atoms with Crippen molar-refractivity contribution < 1.29 is 13.9 Å². The zero-order chi connectivity index (χ0) is 17.6. The highest BCUT2D eigenvalue weighted by Crippen LogP contribution is 2.24. The Labute approximate surface area is 153 Å². The smallest absolute Gasteiger partial charge is 0.287 e. The predicted molar refractivity (Wildman–Crippen MR) is 96.3 cm³/mol. The van der Waals surface area contributed by atoms with Crippen molar-refractivity contribution in [3.63, 3.8) is 0 Å². The summed E-state index contributed by atoms with van der Waals surface area (Å²) in [6.45, 7) is 3.41. The van der Waals surface area contributed by atoms with Gasteiger partial charge < -0.3 is 14.5 Å². The summed E-state index contributed by atoms with van der Waals surface area (Å²) >= 11 is 3.42. The zero-order valence-corrected chi connectivity index (χ0v) is 15.3. The summed E-state index contributed by atoms with van der Waals surface area (Å²) in [7, 11) is 0. The zero-order valence-electron chi connectivity index (χ0n) is 13.7. The summed E-state index contributed by atoms with van der Waals surface area (Å²) in [5.74, 6) is 1.27. The Morgan fingerprint density at radius 2 is 2.12 bits per heavy atom. The first kappa shape index (κ1) is 17.3. The Kier molecular flexibility index (Phi) is 5.55. The van der Waals surface area contributed by atoms with Crippen molar-refractivity contribution in [3.8, 4) is 5.75 Å². The number of amides is 1. The van der Waals surface area contributed by atoms with Crippen molar-refractivity contribution in [2.24, 2.45) is 0 Å². The molecule has 2 heterocycles. The van der Waals surface area contributed by atoms with Crippen molar-refractivity contribution in [3.05, 3.63) is 70.3 Å². The maximum atomic E-state index is 12.1. The molecule has 1 N–H and O–H groups in total.